The lowest BCUT2D eigenvalue weighted by atomic mass is 10.1. The molecule has 1 aromatic carbocycles. The minimum absolute atomic E-state index is 0.0376. The summed E-state index contributed by atoms with van der Waals surface area (Å²) in [7, 11) is 3.69. The number of ether oxygens (including phenoxy) is 1. The van der Waals surface area contributed by atoms with Crippen LogP contribution in [0.3, 0.4) is 0 Å². The van der Waals surface area contributed by atoms with Crippen molar-refractivity contribution < 1.29 is 14.4 Å². The average Bonchev–Trinajstić information content (AvgIpc) is 3.22. The van der Waals surface area contributed by atoms with Gasteiger partial charge in [0.15, 0.2) is 6.04 Å². The molecule has 1 aromatic heterocycles. The molecule has 1 fully saturated rings. The van der Waals surface area contributed by atoms with Crippen LogP contribution in [0.25, 0.3) is 0 Å². The molecule has 0 bridgehead atoms. The predicted octanol–water partition coefficient (Wildman–Crippen LogP) is 1.78. The fraction of sp³-hybridized carbons (Fsp3) is 0.421. The van der Waals surface area contributed by atoms with Crippen molar-refractivity contribution in [3.8, 4) is 5.75 Å². The summed E-state index contributed by atoms with van der Waals surface area (Å²) in [5.41, 5.74) is 2.03. The second kappa shape index (κ2) is 7.09. The maximum absolute atomic E-state index is 12.8. The SMILES string of the molecule is COc1ccccc1NC(=O)[C@H](C)[NH+]1CCC[C@@H]1c1cccn1C. The van der Waals surface area contributed by atoms with Gasteiger partial charge in [-0.1, -0.05) is 12.1 Å². The van der Waals surface area contributed by atoms with Gasteiger partial charge in [0, 0.05) is 26.1 Å². The van der Waals surface area contributed by atoms with Crippen molar-refractivity contribution in [1.29, 1.82) is 0 Å². The number of anilines is 1. The molecule has 1 aliphatic heterocycles. The Morgan fingerprint density at radius 2 is 2.12 bits per heavy atom. The standard InChI is InChI=1S/C19H25N3O2/c1-14(19(23)20-15-8-4-5-11-18(15)24-3)22-13-7-10-17(22)16-9-6-12-21(16)2/h4-6,8-9,11-12,14,17H,7,10,13H2,1-3H3,(H,20,23)/p+1/t14-,17+/m0/s1. The molecule has 0 saturated carbocycles. The maximum atomic E-state index is 12.8. The maximum Gasteiger partial charge on any atom is 0.282 e. The van der Waals surface area contributed by atoms with Gasteiger partial charge in [0.2, 0.25) is 0 Å². The topological polar surface area (TPSA) is 47.7 Å². The number of benzene rings is 1. The smallest absolute Gasteiger partial charge is 0.282 e. The highest BCUT2D eigenvalue weighted by atomic mass is 16.5. The van der Waals surface area contributed by atoms with Gasteiger partial charge in [-0.15, -0.1) is 0 Å². The number of amides is 1. The quantitative estimate of drug-likeness (QED) is 0.879. The molecule has 0 radical (unpaired) electrons. The van der Waals surface area contributed by atoms with Crippen molar-refractivity contribution in [1.82, 2.24) is 4.57 Å². The number of hydrogen-bond acceptors (Lipinski definition) is 2. The zero-order chi connectivity index (χ0) is 17.1. The lowest BCUT2D eigenvalue weighted by Crippen LogP contribution is -3.15. The molecule has 2 aromatic rings. The first-order valence-electron chi connectivity index (χ1n) is 8.52. The summed E-state index contributed by atoms with van der Waals surface area (Å²) in [6.45, 7) is 3.04. The molecule has 1 aliphatic rings. The molecule has 1 saturated heterocycles. The third kappa shape index (κ3) is 3.17. The highest BCUT2D eigenvalue weighted by molar-refractivity contribution is 5.94. The Labute approximate surface area is 143 Å². The largest absolute Gasteiger partial charge is 0.495 e. The van der Waals surface area contributed by atoms with Crippen LogP contribution in [0.1, 0.15) is 31.5 Å². The highest BCUT2D eigenvalue weighted by Crippen LogP contribution is 2.24. The average molecular weight is 328 g/mol. The monoisotopic (exact) mass is 328 g/mol. The Balaban J connectivity index is 1.74. The zero-order valence-corrected chi connectivity index (χ0v) is 14.6. The van der Waals surface area contributed by atoms with E-state index in [0.717, 1.165) is 25.1 Å². The van der Waals surface area contributed by atoms with Crippen LogP contribution in [0, 0.1) is 0 Å². The Kier molecular flexibility index (Phi) is 4.90. The van der Waals surface area contributed by atoms with Crippen LogP contribution < -0.4 is 15.0 Å². The van der Waals surface area contributed by atoms with E-state index in [0.29, 0.717) is 11.8 Å². The van der Waals surface area contributed by atoms with Crippen molar-refractivity contribution in [2.45, 2.75) is 31.8 Å². The number of aryl methyl sites for hydroxylation is 1. The van der Waals surface area contributed by atoms with Crippen molar-refractivity contribution in [2.24, 2.45) is 7.05 Å². The van der Waals surface area contributed by atoms with Gasteiger partial charge in [-0.05, 0) is 31.2 Å². The van der Waals surface area contributed by atoms with Crippen LogP contribution in [0.2, 0.25) is 0 Å². The number of rotatable bonds is 5. The van der Waals surface area contributed by atoms with Gasteiger partial charge in [-0.2, -0.15) is 0 Å². The molecule has 2 heterocycles. The van der Waals surface area contributed by atoms with E-state index < -0.39 is 0 Å². The second-order valence-electron chi connectivity index (χ2n) is 6.47. The minimum atomic E-state index is -0.114. The van der Waals surface area contributed by atoms with Crippen LogP contribution >= 0.6 is 0 Å². The molecule has 24 heavy (non-hydrogen) atoms. The molecule has 0 aliphatic carbocycles. The van der Waals surface area contributed by atoms with E-state index in [2.05, 4.69) is 35.3 Å². The van der Waals surface area contributed by atoms with E-state index in [4.69, 9.17) is 4.74 Å². The number of methoxy groups -OCH3 is 1. The number of likely N-dealkylation sites (tertiary alicyclic amines) is 1. The van der Waals surface area contributed by atoms with E-state index in [1.807, 2.05) is 31.2 Å². The summed E-state index contributed by atoms with van der Waals surface area (Å²) in [6, 6.07) is 12.0. The summed E-state index contributed by atoms with van der Waals surface area (Å²) in [5.74, 6) is 0.726. The van der Waals surface area contributed by atoms with Gasteiger partial charge < -0.3 is 19.5 Å². The summed E-state index contributed by atoms with van der Waals surface area (Å²) < 4.78 is 7.49. The normalized spacial score (nSPS) is 21.5. The Bertz CT molecular complexity index is 710. The lowest BCUT2D eigenvalue weighted by Gasteiger charge is -2.27. The molecule has 1 unspecified atom stereocenters. The van der Waals surface area contributed by atoms with E-state index in [1.54, 1.807) is 7.11 Å². The number of carbonyl (C=O) groups excluding carboxylic acids is 1. The second-order valence-corrected chi connectivity index (χ2v) is 6.47. The Morgan fingerprint density at radius 1 is 1.33 bits per heavy atom. The molecular weight excluding hydrogens is 302 g/mol. The fourth-order valence-electron chi connectivity index (χ4n) is 3.72. The fourth-order valence-corrected chi connectivity index (χ4v) is 3.72. The van der Waals surface area contributed by atoms with E-state index in [-0.39, 0.29) is 11.9 Å². The van der Waals surface area contributed by atoms with Gasteiger partial charge in [-0.25, -0.2) is 0 Å². The molecule has 1 amide bonds. The third-order valence-electron chi connectivity index (χ3n) is 5.06. The van der Waals surface area contributed by atoms with Crippen LogP contribution in [0.15, 0.2) is 42.6 Å². The molecule has 2 N–H and O–H groups in total. The number of nitrogens with one attached hydrogen (secondary N) is 2. The van der Waals surface area contributed by atoms with Gasteiger partial charge >= 0.3 is 0 Å². The summed E-state index contributed by atoms with van der Waals surface area (Å²) in [5, 5.41) is 3.03. The summed E-state index contributed by atoms with van der Waals surface area (Å²) in [6.07, 6.45) is 4.35. The summed E-state index contributed by atoms with van der Waals surface area (Å²) >= 11 is 0. The molecular formula is C19H26N3O2+. The predicted molar refractivity (Wildman–Crippen MR) is 94.3 cm³/mol. The molecule has 0 spiro atoms. The van der Waals surface area contributed by atoms with Gasteiger partial charge in [0.05, 0.1) is 25.0 Å². The first-order valence-corrected chi connectivity index (χ1v) is 8.52. The highest BCUT2D eigenvalue weighted by Gasteiger charge is 2.38. The first kappa shape index (κ1) is 16.6. The number of quaternary nitrogens is 1. The molecule has 128 valence electrons. The van der Waals surface area contributed by atoms with Crippen LogP contribution in [-0.2, 0) is 11.8 Å². The van der Waals surface area contributed by atoms with Crippen molar-refractivity contribution in [3.05, 3.63) is 48.3 Å². The number of para-hydroxylation sites is 2. The van der Waals surface area contributed by atoms with Crippen LogP contribution in [0.5, 0.6) is 5.75 Å². The summed E-state index contributed by atoms with van der Waals surface area (Å²) in [4.78, 5) is 14.1. The van der Waals surface area contributed by atoms with Crippen molar-refractivity contribution in [3.63, 3.8) is 0 Å². The molecule has 5 nitrogen and oxygen atoms in total. The number of carbonyl (C=O) groups is 1. The lowest BCUT2D eigenvalue weighted by molar-refractivity contribution is -0.932. The van der Waals surface area contributed by atoms with E-state index in [9.17, 15) is 4.79 Å². The molecule has 3 rings (SSSR count). The van der Waals surface area contributed by atoms with Crippen LogP contribution in [-0.4, -0.2) is 30.2 Å². The zero-order valence-electron chi connectivity index (χ0n) is 14.6. The molecule has 3 atom stereocenters. The van der Waals surface area contributed by atoms with Crippen molar-refractivity contribution >= 4 is 11.6 Å². The van der Waals surface area contributed by atoms with Gasteiger partial charge in [0.25, 0.3) is 5.91 Å². The number of hydrogen-bond donors (Lipinski definition) is 2. The van der Waals surface area contributed by atoms with E-state index in [1.165, 1.54) is 10.6 Å². The van der Waals surface area contributed by atoms with E-state index >= 15 is 0 Å². The minimum Gasteiger partial charge on any atom is -0.495 e. The third-order valence-corrected chi connectivity index (χ3v) is 5.06. The van der Waals surface area contributed by atoms with Crippen LogP contribution in [0.4, 0.5) is 5.69 Å². The van der Waals surface area contributed by atoms with Gasteiger partial charge in [0.1, 0.15) is 11.8 Å². The van der Waals surface area contributed by atoms with Crippen molar-refractivity contribution in [2.75, 3.05) is 19.0 Å². The first-order chi connectivity index (χ1) is 11.6. The molecule has 5 heteroatoms. The number of nitrogens with zero attached hydrogens (tertiary/aromatic N) is 1. The van der Waals surface area contributed by atoms with Gasteiger partial charge in [-0.3, -0.25) is 4.79 Å². The number of aromatic nitrogens is 1. The Morgan fingerprint density at radius 3 is 2.83 bits per heavy atom. The Hall–Kier alpha value is -2.27.